The van der Waals surface area contributed by atoms with Crippen LogP contribution in [0.4, 0.5) is 0 Å². The fourth-order valence-corrected chi connectivity index (χ4v) is 28.2. The third kappa shape index (κ3) is 10.0. The van der Waals surface area contributed by atoms with Gasteiger partial charge in [-0.3, -0.25) is 0 Å². The van der Waals surface area contributed by atoms with Crippen molar-refractivity contribution >= 4 is 38.4 Å². The Bertz CT molecular complexity index is 626. The third-order valence-electron chi connectivity index (χ3n) is 9.33. The Balaban J connectivity index is 1.97. The first kappa shape index (κ1) is 33.4. The predicted octanol–water partition coefficient (Wildman–Crippen LogP) is 9.60. The SMILES string of the molecule is CCC[CH2][Sn]1([CH2]CCC)[O]CC2(CC=CCC2)C[O][Sn]([CH2]CCC)([CH2]CCC)[O]CC2(CC=CCC2)C[O]1. The Hall–Kier alpha value is 0.917. The molecule has 0 aromatic carbocycles. The van der Waals surface area contributed by atoms with Crippen molar-refractivity contribution in [2.45, 2.75) is 135 Å². The second-order valence-corrected chi connectivity index (χ2v) is 32.2. The van der Waals surface area contributed by atoms with Crippen LogP contribution in [-0.2, 0) is 12.3 Å². The number of hydrogen-bond donors (Lipinski definition) is 0. The molecule has 2 aliphatic carbocycles. The van der Waals surface area contributed by atoms with Crippen molar-refractivity contribution in [3.05, 3.63) is 24.3 Å². The molecule has 0 bridgehead atoms. The summed E-state index contributed by atoms with van der Waals surface area (Å²) in [5.74, 6) is 0. The van der Waals surface area contributed by atoms with Gasteiger partial charge in [0, 0.05) is 0 Å². The van der Waals surface area contributed by atoms with E-state index in [4.69, 9.17) is 12.3 Å². The normalized spacial score (nSPS) is 24.7. The monoisotopic (exact) mass is 748 g/mol. The van der Waals surface area contributed by atoms with Crippen LogP contribution in [0.5, 0.6) is 0 Å². The predicted molar refractivity (Wildman–Crippen MR) is 165 cm³/mol. The summed E-state index contributed by atoms with van der Waals surface area (Å²) in [7, 11) is 0. The van der Waals surface area contributed by atoms with Crippen molar-refractivity contribution in [3.8, 4) is 0 Å². The molecule has 3 aliphatic rings. The van der Waals surface area contributed by atoms with Gasteiger partial charge in [0.05, 0.1) is 0 Å². The molecule has 0 amide bonds. The molecule has 1 fully saturated rings. The molecular formula is C32H60O4Sn2. The van der Waals surface area contributed by atoms with Gasteiger partial charge in [0.1, 0.15) is 0 Å². The van der Waals surface area contributed by atoms with Crippen molar-refractivity contribution in [3.63, 3.8) is 0 Å². The second kappa shape index (κ2) is 17.1. The van der Waals surface area contributed by atoms with Gasteiger partial charge in [-0.1, -0.05) is 0 Å². The number of unbranched alkanes of at least 4 members (excludes halogenated alkanes) is 4. The first-order valence-electron chi connectivity index (χ1n) is 16.3. The van der Waals surface area contributed by atoms with Gasteiger partial charge in [-0.25, -0.2) is 0 Å². The van der Waals surface area contributed by atoms with E-state index in [2.05, 4.69) is 52.0 Å². The summed E-state index contributed by atoms with van der Waals surface area (Å²) in [6.07, 6.45) is 26.1. The van der Waals surface area contributed by atoms with Crippen molar-refractivity contribution in [2.24, 2.45) is 10.8 Å². The molecular weight excluding hydrogens is 686 g/mol. The summed E-state index contributed by atoms with van der Waals surface area (Å²) >= 11 is -6.58. The summed E-state index contributed by atoms with van der Waals surface area (Å²) in [5.41, 5.74) is 0.181. The van der Waals surface area contributed by atoms with Crippen LogP contribution in [0, 0.1) is 10.8 Å². The van der Waals surface area contributed by atoms with Gasteiger partial charge in [0.25, 0.3) is 0 Å². The van der Waals surface area contributed by atoms with Gasteiger partial charge in [-0.05, 0) is 0 Å². The van der Waals surface area contributed by atoms with E-state index in [0.29, 0.717) is 0 Å². The summed E-state index contributed by atoms with van der Waals surface area (Å²) in [4.78, 5) is 0. The van der Waals surface area contributed by atoms with Crippen molar-refractivity contribution in [2.75, 3.05) is 26.4 Å². The van der Waals surface area contributed by atoms with Crippen LogP contribution < -0.4 is 0 Å². The molecule has 0 N–H and O–H groups in total. The molecule has 38 heavy (non-hydrogen) atoms. The van der Waals surface area contributed by atoms with Crippen LogP contribution >= 0.6 is 0 Å². The van der Waals surface area contributed by atoms with E-state index in [1.807, 2.05) is 0 Å². The van der Waals surface area contributed by atoms with Gasteiger partial charge in [-0.2, -0.15) is 0 Å². The molecule has 1 heterocycles. The summed E-state index contributed by atoms with van der Waals surface area (Å²) in [5, 5.41) is 0. The minimum atomic E-state index is -3.29. The molecule has 2 spiro atoms. The fraction of sp³-hybridized carbons (Fsp3) is 0.875. The Morgan fingerprint density at radius 2 is 0.816 bits per heavy atom. The standard InChI is InChI=1S/2C8H12O2.4C4H9.2Sn/c2*9-6-8(7-10)4-2-1-3-5-8;4*1-3-4-2;;/h2*1-2H,3-7H2;4*1,3-4H2,2H3;;/q2*-2;;;;;2*+2. The molecule has 4 nitrogen and oxygen atoms in total. The quantitative estimate of drug-likeness (QED) is 0.147. The molecule has 3 rings (SSSR count). The number of hydrogen-bond acceptors (Lipinski definition) is 4. The van der Waals surface area contributed by atoms with E-state index in [1.54, 1.807) is 0 Å². The van der Waals surface area contributed by atoms with E-state index in [9.17, 15) is 0 Å². The first-order valence-corrected chi connectivity index (χ1v) is 29.1. The van der Waals surface area contributed by atoms with Crippen LogP contribution in [0.25, 0.3) is 0 Å². The molecule has 0 atom stereocenters. The average molecular weight is 746 g/mol. The zero-order valence-corrected chi connectivity index (χ0v) is 31.2. The van der Waals surface area contributed by atoms with Crippen LogP contribution in [-0.4, -0.2) is 64.8 Å². The molecule has 1 saturated heterocycles. The number of rotatable bonds is 12. The van der Waals surface area contributed by atoms with E-state index in [1.165, 1.54) is 82.0 Å². The maximum absolute atomic E-state index is 7.30. The van der Waals surface area contributed by atoms with Crippen LogP contribution in [0.15, 0.2) is 24.3 Å². The van der Waals surface area contributed by atoms with Gasteiger partial charge in [0.2, 0.25) is 0 Å². The van der Waals surface area contributed by atoms with Crippen LogP contribution in [0.3, 0.4) is 0 Å². The van der Waals surface area contributed by atoms with E-state index in [0.717, 1.165) is 52.1 Å². The zero-order valence-electron chi connectivity index (χ0n) is 25.5. The Morgan fingerprint density at radius 1 is 0.500 bits per heavy atom. The maximum atomic E-state index is 7.30. The molecule has 220 valence electrons. The van der Waals surface area contributed by atoms with Crippen molar-refractivity contribution in [1.29, 1.82) is 0 Å². The van der Waals surface area contributed by atoms with Crippen LogP contribution in [0.1, 0.15) is 118 Å². The molecule has 0 aromatic heterocycles. The van der Waals surface area contributed by atoms with Gasteiger partial charge in [-0.15, -0.1) is 0 Å². The molecule has 0 unspecified atom stereocenters. The van der Waals surface area contributed by atoms with E-state index < -0.39 is 38.4 Å². The van der Waals surface area contributed by atoms with Gasteiger partial charge in [0.15, 0.2) is 0 Å². The van der Waals surface area contributed by atoms with Crippen molar-refractivity contribution < 1.29 is 12.3 Å². The Morgan fingerprint density at radius 3 is 1.05 bits per heavy atom. The van der Waals surface area contributed by atoms with Crippen LogP contribution in [0.2, 0.25) is 17.7 Å². The first-order chi connectivity index (χ1) is 18.5. The van der Waals surface area contributed by atoms with Crippen molar-refractivity contribution in [1.82, 2.24) is 0 Å². The summed E-state index contributed by atoms with van der Waals surface area (Å²) in [6, 6.07) is 0. The molecule has 0 saturated carbocycles. The second-order valence-electron chi connectivity index (χ2n) is 12.8. The summed E-state index contributed by atoms with van der Waals surface area (Å²) in [6.45, 7) is 12.6. The van der Waals surface area contributed by atoms with Gasteiger partial charge >= 0.3 is 248 Å². The Labute approximate surface area is 246 Å². The molecule has 1 aliphatic heterocycles. The van der Waals surface area contributed by atoms with E-state index in [-0.39, 0.29) is 10.8 Å². The molecule has 6 heteroatoms. The third-order valence-corrected chi connectivity index (χ3v) is 29.7. The van der Waals surface area contributed by atoms with E-state index >= 15 is 0 Å². The average Bonchev–Trinajstić information content (AvgIpc) is 2.96. The molecule has 0 aromatic rings. The van der Waals surface area contributed by atoms with Gasteiger partial charge < -0.3 is 0 Å². The fourth-order valence-electron chi connectivity index (χ4n) is 6.33. The number of allylic oxidation sites excluding steroid dienone is 4. The summed E-state index contributed by atoms with van der Waals surface area (Å²) < 4.78 is 34.0. The zero-order chi connectivity index (χ0) is 27.2. The topological polar surface area (TPSA) is 36.9 Å². The minimum absolute atomic E-state index is 0.0904. The Kier molecular flexibility index (Phi) is 15.1. The molecule has 0 radical (unpaired) electrons.